The predicted octanol–water partition coefficient (Wildman–Crippen LogP) is 2.32. The minimum atomic E-state index is -0.791. The van der Waals surface area contributed by atoms with Crippen LogP contribution in [0.4, 0.5) is 14.9 Å². The fourth-order valence-electron chi connectivity index (χ4n) is 3.67. The van der Waals surface area contributed by atoms with E-state index in [2.05, 4.69) is 0 Å². The summed E-state index contributed by atoms with van der Waals surface area (Å²) in [4.78, 5) is 53.8. The molecule has 148 valence electrons. The van der Waals surface area contributed by atoms with Crippen LogP contribution in [0.1, 0.15) is 27.6 Å². The van der Waals surface area contributed by atoms with Gasteiger partial charge in [0.2, 0.25) is 0 Å². The summed E-state index contributed by atoms with van der Waals surface area (Å²) in [5.74, 6) is -1.43. The second kappa shape index (κ2) is 7.12. The third-order valence-electron chi connectivity index (χ3n) is 5.21. The van der Waals surface area contributed by atoms with Crippen molar-refractivity contribution < 1.29 is 23.6 Å². The van der Waals surface area contributed by atoms with Gasteiger partial charge in [0.1, 0.15) is 11.9 Å². The Bertz CT molecular complexity index is 1020. The number of rotatable bonds is 3. The molecule has 8 heteroatoms. The molecular formula is C21H18FN3O4. The summed E-state index contributed by atoms with van der Waals surface area (Å²) in [5, 5.41) is 0. The molecule has 2 aliphatic heterocycles. The fraction of sp³-hybridized carbons (Fsp3) is 0.238. The molecule has 0 N–H and O–H groups in total. The standard InChI is InChI=1S/C21H18FN3O4/c1-13(26)14-5-7-17(8-6-14)25-20(28)18-12-23(9-10-24(18)21(25)29)19(27)15-3-2-4-16(22)11-15/h2-8,11,18H,9-10,12H2,1H3/t18-/m0/s1. The summed E-state index contributed by atoms with van der Waals surface area (Å²) in [5.41, 5.74) is 1.06. The van der Waals surface area contributed by atoms with Gasteiger partial charge < -0.3 is 9.80 Å². The molecule has 0 radical (unpaired) electrons. The van der Waals surface area contributed by atoms with Crippen molar-refractivity contribution in [1.29, 1.82) is 0 Å². The number of carbonyl (C=O) groups excluding carboxylic acids is 4. The molecule has 4 amide bonds. The van der Waals surface area contributed by atoms with Crippen molar-refractivity contribution in [2.75, 3.05) is 24.5 Å². The molecule has 2 aliphatic rings. The highest BCUT2D eigenvalue weighted by molar-refractivity contribution is 6.21. The van der Waals surface area contributed by atoms with E-state index in [9.17, 15) is 23.6 Å². The van der Waals surface area contributed by atoms with Crippen molar-refractivity contribution in [1.82, 2.24) is 9.80 Å². The summed E-state index contributed by atoms with van der Waals surface area (Å²) in [7, 11) is 0. The van der Waals surface area contributed by atoms with Crippen molar-refractivity contribution in [3.8, 4) is 0 Å². The van der Waals surface area contributed by atoms with E-state index < -0.39 is 23.8 Å². The largest absolute Gasteiger partial charge is 0.334 e. The Kier molecular flexibility index (Phi) is 4.62. The summed E-state index contributed by atoms with van der Waals surface area (Å²) < 4.78 is 13.4. The number of anilines is 1. The number of urea groups is 1. The number of carbonyl (C=O) groups is 4. The smallest absolute Gasteiger partial charge is 0.332 e. The van der Waals surface area contributed by atoms with Gasteiger partial charge in [0.25, 0.3) is 11.8 Å². The Balaban J connectivity index is 1.55. The quantitative estimate of drug-likeness (QED) is 0.590. The molecule has 0 aliphatic carbocycles. The summed E-state index contributed by atoms with van der Waals surface area (Å²) in [6, 6.07) is 10.4. The third kappa shape index (κ3) is 3.26. The number of piperazine rings is 1. The van der Waals surface area contributed by atoms with Crippen LogP contribution in [0.25, 0.3) is 0 Å². The van der Waals surface area contributed by atoms with Gasteiger partial charge in [-0.3, -0.25) is 14.4 Å². The number of hydrogen-bond acceptors (Lipinski definition) is 4. The van der Waals surface area contributed by atoms with Crippen LogP contribution >= 0.6 is 0 Å². The second-order valence-electron chi connectivity index (χ2n) is 7.03. The normalized spacial score (nSPS) is 18.8. The third-order valence-corrected chi connectivity index (χ3v) is 5.21. The van der Waals surface area contributed by atoms with E-state index in [1.54, 1.807) is 24.3 Å². The maximum Gasteiger partial charge on any atom is 0.332 e. The van der Waals surface area contributed by atoms with Crippen molar-refractivity contribution >= 4 is 29.3 Å². The molecule has 4 rings (SSSR count). The van der Waals surface area contributed by atoms with Crippen molar-refractivity contribution in [3.05, 3.63) is 65.5 Å². The summed E-state index contributed by atoms with van der Waals surface area (Å²) >= 11 is 0. The van der Waals surface area contributed by atoms with Crippen LogP contribution in [0.5, 0.6) is 0 Å². The predicted molar refractivity (Wildman–Crippen MR) is 102 cm³/mol. The zero-order chi connectivity index (χ0) is 20.7. The highest BCUT2D eigenvalue weighted by atomic mass is 19.1. The van der Waals surface area contributed by atoms with Crippen LogP contribution in [0.2, 0.25) is 0 Å². The van der Waals surface area contributed by atoms with Gasteiger partial charge >= 0.3 is 6.03 Å². The number of halogens is 1. The van der Waals surface area contributed by atoms with Crippen LogP contribution in [0, 0.1) is 5.82 Å². The first-order valence-electron chi connectivity index (χ1n) is 9.17. The molecule has 2 heterocycles. The zero-order valence-electron chi connectivity index (χ0n) is 15.7. The molecule has 2 fully saturated rings. The lowest BCUT2D eigenvalue weighted by atomic mass is 10.1. The van der Waals surface area contributed by atoms with Gasteiger partial charge in [0, 0.05) is 24.2 Å². The highest BCUT2D eigenvalue weighted by Crippen LogP contribution is 2.28. The summed E-state index contributed by atoms with van der Waals surface area (Å²) in [6.07, 6.45) is 0. The van der Waals surface area contributed by atoms with E-state index >= 15 is 0 Å². The SMILES string of the molecule is CC(=O)c1ccc(N2C(=O)[C@@H]3CN(C(=O)c4cccc(F)c4)CCN3C2=O)cc1. The van der Waals surface area contributed by atoms with Crippen LogP contribution in [-0.2, 0) is 4.79 Å². The van der Waals surface area contributed by atoms with Gasteiger partial charge in [-0.05, 0) is 49.4 Å². The maximum absolute atomic E-state index is 13.4. The zero-order valence-corrected chi connectivity index (χ0v) is 15.7. The van der Waals surface area contributed by atoms with Crippen molar-refractivity contribution in [2.24, 2.45) is 0 Å². The van der Waals surface area contributed by atoms with E-state index in [4.69, 9.17) is 0 Å². The fourth-order valence-corrected chi connectivity index (χ4v) is 3.67. The summed E-state index contributed by atoms with van der Waals surface area (Å²) in [6.45, 7) is 1.94. The average Bonchev–Trinajstić information content (AvgIpc) is 2.97. The number of benzene rings is 2. The first-order chi connectivity index (χ1) is 13.9. The van der Waals surface area contributed by atoms with Gasteiger partial charge in [-0.25, -0.2) is 14.1 Å². The molecule has 1 atom stereocenters. The number of ketones is 1. The molecule has 29 heavy (non-hydrogen) atoms. The number of nitrogens with zero attached hydrogens (tertiary/aromatic N) is 3. The van der Waals surface area contributed by atoms with Gasteiger partial charge in [0.05, 0.1) is 12.2 Å². The molecule has 0 aromatic heterocycles. The molecule has 2 aromatic rings. The molecule has 0 unspecified atom stereocenters. The number of imide groups is 1. The van der Waals surface area contributed by atoms with E-state index in [1.807, 2.05) is 0 Å². The lowest BCUT2D eigenvalue weighted by Gasteiger charge is -2.35. The second-order valence-corrected chi connectivity index (χ2v) is 7.03. The number of fused-ring (bicyclic) bond motifs is 1. The minimum Gasteiger partial charge on any atom is -0.334 e. The number of Topliss-reactive ketones (excluding diaryl/α,β-unsaturated/α-hetero) is 1. The molecule has 0 spiro atoms. The topological polar surface area (TPSA) is 78.0 Å². The van der Waals surface area contributed by atoms with E-state index in [-0.39, 0.29) is 36.9 Å². The van der Waals surface area contributed by atoms with E-state index in [0.29, 0.717) is 11.3 Å². The van der Waals surface area contributed by atoms with Crippen LogP contribution < -0.4 is 4.90 Å². The minimum absolute atomic E-state index is 0.0436. The molecular weight excluding hydrogens is 377 g/mol. The Morgan fingerprint density at radius 1 is 1.00 bits per heavy atom. The number of hydrogen-bond donors (Lipinski definition) is 0. The molecule has 0 saturated carbocycles. The molecule has 0 bridgehead atoms. The van der Waals surface area contributed by atoms with E-state index in [0.717, 1.165) is 11.0 Å². The maximum atomic E-state index is 13.4. The number of amides is 4. The van der Waals surface area contributed by atoms with Crippen LogP contribution in [-0.4, -0.2) is 59.1 Å². The Morgan fingerprint density at radius 2 is 1.72 bits per heavy atom. The lowest BCUT2D eigenvalue weighted by molar-refractivity contribution is -0.120. The van der Waals surface area contributed by atoms with Crippen molar-refractivity contribution in [3.63, 3.8) is 0 Å². The molecule has 2 aromatic carbocycles. The van der Waals surface area contributed by atoms with Gasteiger partial charge in [-0.1, -0.05) is 6.07 Å². The van der Waals surface area contributed by atoms with Gasteiger partial charge in [-0.2, -0.15) is 0 Å². The first kappa shape index (κ1) is 18.8. The Morgan fingerprint density at radius 3 is 2.38 bits per heavy atom. The van der Waals surface area contributed by atoms with Crippen LogP contribution in [0.15, 0.2) is 48.5 Å². The van der Waals surface area contributed by atoms with E-state index in [1.165, 1.54) is 34.9 Å². The van der Waals surface area contributed by atoms with Crippen LogP contribution in [0.3, 0.4) is 0 Å². The monoisotopic (exact) mass is 395 g/mol. The average molecular weight is 395 g/mol. The van der Waals surface area contributed by atoms with Crippen molar-refractivity contribution in [2.45, 2.75) is 13.0 Å². The van der Waals surface area contributed by atoms with Gasteiger partial charge in [-0.15, -0.1) is 0 Å². The first-order valence-corrected chi connectivity index (χ1v) is 9.17. The Labute approximate surface area is 166 Å². The van der Waals surface area contributed by atoms with Gasteiger partial charge in [0.15, 0.2) is 5.78 Å². The molecule has 2 saturated heterocycles. The Hall–Kier alpha value is -3.55. The highest BCUT2D eigenvalue weighted by Gasteiger charge is 2.49. The molecule has 7 nitrogen and oxygen atoms in total. The lowest BCUT2D eigenvalue weighted by Crippen LogP contribution is -2.54.